The molecule has 1 aliphatic carbocycles. The maximum atomic E-state index is 13.3. The first kappa shape index (κ1) is 22.3. The molecule has 178 valence electrons. The van der Waals surface area contributed by atoms with Gasteiger partial charge in [-0.25, -0.2) is 4.99 Å². The first-order valence-electron chi connectivity index (χ1n) is 11.7. The molecule has 3 heterocycles. The summed E-state index contributed by atoms with van der Waals surface area (Å²) in [5.41, 5.74) is 1.30. The number of aromatic nitrogens is 2. The molecule has 2 aromatic rings. The summed E-state index contributed by atoms with van der Waals surface area (Å²) in [6.07, 6.45) is 2.20. The lowest BCUT2D eigenvalue weighted by atomic mass is 9.86. The Morgan fingerprint density at radius 1 is 1.12 bits per heavy atom. The van der Waals surface area contributed by atoms with Crippen molar-refractivity contribution in [2.24, 2.45) is 15.9 Å². The predicted molar refractivity (Wildman–Crippen MR) is 128 cm³/mol. The van der Waals surface area contributed by atoms with Crippen molar-refractivity contribution >= 4 is 29.3 Å². The van der Waals surface area contributed by atoms with E-state index in [0.717, 1.165) is 37.1 Å². The van der Waals surface area contributed by atoms with E-state index < -0.39 is 12.2 Å². The number of nitrogens with one attached hydrogen (secondary N) is 1. The lowest BCUT2D eigenvalue weighted by molar-refractivity contribution is -0.128. The Kier molecular flexibility index (Phi) is 5.50. The number of amides is 2. The van der Waals surface area contributed by atoms with Gasteiger partial charge in [0.15, 0.2) is 11.5 Å². The second kappa shape index (κ2) is 8.38. The van der Waals surface area contributed by atoms with Crippen molar-refractivity contribution in [3.05, 3.63) is 36.0 Å². The fourth-order valence-electron chi connectivity index (χ4n) is 4.41. The minimum Gasteiger partial charge on any atom is -0.482 e. The molecule has 1 saturated carbocycles. The maximum Gasteiger partial charge on any atom is 0.270 e. The normalized spacial score (nSPS) is 24.1. The minimum absolute atomic E-state index is 0.183. The summed E-state index contributed by atoms with van der Waals surface area (Å²) in [7, 11) is 0. The number of hydrogen-bond acceptors (Lipinski definition) is 6. The van der Waals surface area contributed by atoms with Crippen LogP contribution in [0.4, 0.5) is 5.82 Å². The van der Waals surface area contributed by atoms with Crippen LogP contribution >= 0.6 is 0 Å². The van der Waals surface area contributed by atoms with Crippen molar-refractivity contribution in [3.8, 4) is 11.5 Å². The first-order valence-corrected chi connectivity index (χ1v) is 11.7. The molecule has 3 aliphatic rings. The van der Waals surface area contributed by atoms with Gasteiger partial charge in [-0.2, -0.15) is 14.8 Å². The van der Waals surface area contributed by atoms with Crippen LogP contribution in [0.25, 0.3) is 0 Å². The van der Waals surface area contributed by atoms with Crippen LogP contribution in [0.1, 0.15) is 59.1 Å². The van der Waals surface area contributed by atoms with Crippen LogP contribution < -0.4 is 14.8 Å². The number of ether oxygens (including phenoxy) is 2. The number of fused-ring (bicyclic) bond motifs is 2. The molecule has 9 heteroatoms. The lowest BCUT2D eigenvalue weighted by Gasteiger charge is -2.31. The van der Waals surface area contributed by atoms with Gasteiger partial charge in [0.2, 0.25) is 6.10 Å². The van der Waals surface area contributed by atoms with Crippen molar-refractivity contribution < 1.29 is 19.1 Å². The number of carbonyl (C=O) groups is 2. The molecule has 0 spiro atoms. The summed E-state index contributed by atoms with van der Waals surface area (Å²) >= 11 is 0. The molecule has 34 heavy (non-hydrogen) atoms. The summed E-state index contributed by atoms with van der Waals surface area (Å²) in [5.74, 6) is 0.877. The van der Waals surface area contributed by atoms with E-state index in [2.05, 4.69) is 20.4 Å². The second-order valence-corrected chi connectivity index (χ2v) is 10.0. The van der Waals surface area contributed by atoms with Gasteiger partial charge in [0, 0.05) is 17.2 Å². The van der Waals surface area contributed by atoms with E-state index in [4.69, 9.17) is 9.47 Å². The third-order valence-electron chi connectivity index (χ3n) is 6.35. The minimum atomic E-state index is -0.861. The van der Waals surface area contributed by atoms with Gasteiger partial charge >= 0.3 is 0 Å². The maximum absolute atomic E-state index is 13.3. The Hall–Kier alpha value is -3.49. The molecule has 9 nitrogen and oxygen atoms in total. The number of rotatable bonds is 2. The highest BCUT2D eigenvalue weighted by molar-refractivity contribution is 6.16. The SMILES string of the molecule is CC1Oc2ccccc2OC1C(=O)Nc1cc(C(C)(C)C)nn1C1=NC(=O)C2CCCCC2=N1. The Labute approximate surface area is 198 Å². The van der Waals surface area contributed by atoms with Crippen molar-refractivity contribution in [3.63, 3.8) is 0 Å². The van der Waals surface area contributed by atoms with Gasteiger partial charge in [-0.3, -0.25) is 9.59 Å². The zero-order valence-electron chi connectivity index (χ0n) is 19.9. The number of hydrogen-bond donors (Lipinski definition) is 1. The summed E-state index contributed by atoms with van der Waals surface area (Å²) in [5, 5.41) is 7.58. The van der Waals surface area contributed by atoms with E-state index in [1.54, 1.807) is 25.1 Å². The van der Waals surface area contributed by atoms with E-state index in [1.165, 1.54) is 4.68 Å². The van der Waals surface area contributed by atoms with E-state index in [9.17, 15) is 9.59 Å². The molecular weight excluding hydrogens is 434 g/mol. The predicted octanol–water partition coefficient (Wildman–Crippen LogP) is 3.72. The van der Waals surface area contributed by atoms with Crippen molar-refractivity contribution in [2.45, 2.75) is 71.0 Å². The molecule has 1 N–H and O–H groups in total. The summed E-state index contributed by atoms with van der Waals surface area (Å²) in [6, 6.07) is 9.05. The van der Waals surface area contributed by atoms with Gasteiger partial charge in [0.05, 0.1) is 11.6 Å². The number of nitrogens with zero attached hydrogens (tertiary/aromatic N) is 4. The van der Waals surface area contributed by atoms with E-state index in [0.29, 0.717) is 17.3 Å². The fraction of sp³-hybridized carbons (Fsp3) is 0.480. The van der Waals surface area contributed by atoms with Gasteiger partial charge in [0.25, 0.3) is 17.8 Å². The quantitative estimate of drug-likeness (QED) is 0.730. The third kappa shape index (κ3) is 4.10. The zero-order chi connectivity index (χ0) is 24.0. The van der Waals surface area contributed by atoms with E-state index >= 15 is 0 Å². The van der Waals surface area contributed by atoms with Crippen LogP contribution in [0.2, 0.25) is 0 Å². The van der Waals surface area contributed by atoms with E-state index in [-0.39, 0.29) is 29.1 Å². The number of benzene rings is 1. The van der Waals surface area contributed by atoms with Gasteiger partial charge < -0.3 is 14.8 Å². The Morgan fingerprint density at radius 3 is 2.59 bits per heavy atom. The van der Waals surface area contributed by atoms with Crippen molar-refractivity contribution in [1.29, 1.82) is 0 Å². The van der Waals surface area contributed by atoms with Crippen LogP contribution in [0, 0.1) is 5.92 Å². The van der Waals surface area contributed by atoms with Crippen LogP contribution in [-0.2, 0) is 15.0 Å². The molecule has 1 aromatic heterocycles. The standard InChI is InChI=1S/C25H29N5O4/c1-14-21(34-18-12-8-7-11-17(18)33-14)23(32)27-20-13-19(25(2,3)4)29-30(20)24-26-16-10-6-5-9-15(16)22(31)28-24/h7-8,11-15,21H,5-6,9-10H2,1-4H3,(H,27,32). The van der Waals surface area contributed by atoms with Gasteiger partial charge in [-0.1, -0.05) is 39.3 Å². The molecule has 3 atom stereocenters. The molecular formula is C25H29N5O4. The molecule has 5 rings (SSSR count). The first-order chi connectivity index (χ1) is 16.2. The van der Waals surface area contributed by atoms with Crippen LogP contribution in [0.15, 0.2) is 40.3 Å². The highest BCUT2D eigenvalue weighted by Crippen LogP contribution is 2.34. The van der Waals surface area contributed by atoms with Crippen molar-refractivity contribution in [2.75, 3.05) is 5.32 Å². The molecule has 0 saturated heterocycles. The molecule has 0 bridgehead atoms. The smallest absolute Gasteiger partial charge is 0.270 e. The molecule has 2 amide bonds. The number of para-hydroxylation sites is 2. The lowest BCUT2D eigenvalue weighted by Crippen LogP contribution is -2.46. The second-order valence-electron chi connectivity index (χ2n) is 10.0. The molecule has 2 aliphatic heterocycles. The van der Waals surface area contributed by atoms with Crippen molar-refractivity contribution in [1.82, 2.24) is 9.78 Å². The van der Waals surface area contributed by atoms with Crippen LogP contribution in [0.3, 0.4) is 0 Å². The Morgan fingerprint density at radius 2 is 1.85 bits per heavy atom. The van der Waals surface area contributed by atoms with E-state index in [1.807, 2.05) is 32.9 Å². The molecule has 1 aromatic carbocycles. The van der Waals surface area contributed by atoms with Gasteiger partial charge in [-0.05, 0) is 38.3 Å². The largest absolute Gasteiger partial charge is 0.482 e. The summed E-state index contributed by atoms with van der Waals surface area (Å²) in [4.78, 5) is 34.9. The average Bonchev–Trinajstić information content (AvgIpc) is 3.23. The summed E-state index contributed by atoms with van der Waals surface area (Å²) in [6.45, 7) is 7.87. The Balaban J connectivity index is 1.46. The molecule has 0 radical (unpaired) electrons. The van der Waals surface area contributed by atoms with Gasteiger partial charge in [-0.15, -0.1) is 0 Å². The number of aliphatic imine (C=N–C) groups is 2. The highest BCUT2D eigenvalue weighted by atomic mass is 16.6. The Bertz CT molecular complexity index is 1210. The fourth-order valence-corrected chi connectivity index (χ4v) is 4.41. The van der Waals surface area contributed by atoms with Crippen LogP contribution in [0.5, 0.6) is 11.5 Å². The third-order valence-corrected chi connectivity index (χ3v) is 6.35. The number of carbonyl (C=O) groups excluding carboxylic acids is 2. The topological polar surface area (TPSA) is 107 Å². The van der Waals surface area contributed by atoms with Crippen LogP contribution in [-0.4, -0.2) is 45.5 Å². The average molecular weight is 464 g/mol. The molecule has 1 fully saturated rings. The van der Waals surface area contributed by atoms with Gasteiger partial charge in [0.1, 0.15) is 11.9 Å². The highest BCUT2D eigenvalue weighted by Gasteiger charge is 2.36. The zero-order valence-corrected chi connectivity index (χ0v) is 19.9. The summed E-state index contributed by atoms with van der Waals surface area (Å²) < 4.78 is 13.3. The monoisotopic (exact) mass is 463 g/mol. The number of anilines is 1. The molecule has 3 unspecified atom stereocenters.